The van der Waals surface area contributed by atoms with Crippen molar-refractivity contribution in [1.82, 2.24) is 20.3 Å². The molecule has 3 aromatic rings. The molecular weight excluding hydrogens is 419 g/mol. The quantitative estimate of drug-likeness (QED) is 0.537. The highest BCUT2D eigenvalue weighted by molar-refractivity contribution is 6.11. The van der Waals surface area contributed by atoms with Crippen molar-refractivity contribution in [1.29, 1.82) is 0 Å². The van der Waals surface area contributed by atoms with E-state index in [4.69, 9.17) is 5.73 Å². The summed E-state index contributed by atoms with van der Waals surface area (Å²) in [6.45, 7) is 6.58. The van der Waals surface area contributed by atoms with E-state index < -0.39 is 0 Å². The van der Waals surface area contributed by atoms with Gasteiger partial charge in [0.25, 0.3) is 5.91 Å². The SMILES string of the molecule is CCc1ccccc1F.CCc1cnc(C(=NC)c2cccnc2C)nc1C(=O)NCCN. The van der Waals surface area contributed by atoms with Crippen LogP contribution in [0.5, 0.6) is 0 Å². The minimum Gasteiger partial charge on any atom is -0.349 e. The molecule has 2 aromatic heterocycles. The maximum atomic E-state index is 12.6. The second kappa shape index (κ2) is 13.1. The zero-order valence-corrected chi connectivity index (χ0v) is 19.6. The number of aryl methyl sites for hydroxylation is 3. The molecule has 1 amide bonds. The summed E-state index contributed by atoms with van der Waals surface area (Å²) >= 11 is 0. The van der Waals surface area contributed by atoms with Crippen LogP contribution in [0.25, 0.3) is 0 Å². The molecule has 33 heavy (non-hydrogen) atoms. The zero-order valence-electron chi connectivity index (χ0n) is 19.6. The van der Waals surface area contributed by atoms with E-state index in [1.54, 1.807) is 31.6 Å². The lowest BCUT2D eigenvalue weighted by Crippen LogP contribution is -2.31. The van der Waals surface area contributed by atoms with Crippen LogP contribution in [-0.4, -0.2) is 46.7 Å². The van der Waals surface area contributed by atoms with Crippen molar-refractivity contribution >= 4 is 11.6 Å². The molecule has 3 N–H and O–H groups in total. The van der Waals surface area contributed by atoms with E-state index in [1.807, 2.05) is 39.0 Å². The number of aromatic nitrogens is 3. The van der Waals surface area contributed by atoms with Crippen molar-refractivity contribution < 1.29 is 9.18 Å². The molecule has 0 aliphatic heterocycles. The van der Waals surface area contributed by atoms with E-state index in [2.05, 4.69) is 25.3 Å². The molecule has 0 aliphatic rings. The molecular formula is C25H31FN6O. The Bertz CT molecular complexity index is 1100. The molecule has 0 saturated carbocycles. The number of amides is 1. The van der Waals surface area contributed by atoms with Crippen LogP contribution in [0.3, 0.4) is 0 Å². The van der Waals surface area contributed by atoms with Crippen LogP contribution in [0, 0.1) is 12.7 Å². The van der Waals surface area contributed by atoms with Gasteiger partial charge < -0.3 is 11.1 Å². The predicted molar refractivity (Wildman–Crippen MR) is 129 cm³/mol. The highest BCUT2D eigenvalue weighted by Gasteiger charge is 2.18. The summed E-state index contributed by atoms with van der Waals surface area (Å²) < 4.78 is 12.6. The van der Waals surface area contributed by atoms with Gasteiger partial charge in [0, 0.05) is 49.4 Å². The van der Waals surface area contributed by atoms with Crippen LogP contribution in [0.4, 0.5) is 4.39 Å². The normalized spacial score (nSPS) is 10.9. The number of carbonyl (C=O) groups excluding carboxylic acids is 1. The van der Waals surface area contributed by atoms with E-state index in [-0.39, 0.29) is 11.7 Å². The molecule has 1 aromatic carbocycles. The van der Waals surface area contributed by atoms with Crippen molar-refractivity contribution in [2.75, 3.05) is 20.1 Å². The van der Waals surface area contributed by atoms with E-state index in [1.165, 1.54) is 6.07 Å². The fraction of sp³-hybridized carbons (Fsp3) is 0.320. The molecule has 174 valence electrons. The lowest BCUT2D eigenvalue weighted by molar-refractivity contribution is 0.0948. The number of aliphatic imine (C=N–C) groups is 1. The second-order valence-electron chi connectivity index (χ2n) is 7.12. The van der Waals surface area contributed by atoms with Crippen molar-refractivity contribution in [3.05, 3.63) is 88.5 Å². The van der Waals surface area contributed by atoms with Crippen molar-refractivity contribution in [2.45, 2.75) is 33.6 Å². The number of nitrogens with one attached hydrogen (secondary N) is 1. The van der Waals surface area contributed by atoms with Crippen molar-refractivity contribution in [3.63, 3.8) is 0 Å². The molecule has 7 nitrogen and oxygen atoms in total. The average molecular weight is 451 g/mol. The lowest BCUT2D eigenvalue weighted by Gasteiger charge is -2.11. The third-order valence-electron chi connectivity index (χ3n) is 4.93. The Morgan fingerprint density at radius 3 is 2.39 bits per heavy atom. The number of pyridine rings is 1. The highest BCUT2D eigenvalue weighted by atomic mass is 19.1. The Balaban J connectivity index is 0.000000357. The number of nitrogens with two attached hydrogens (primary N) is 1. The Morgan fingerprint density at radius 2 is 1.82 bits per heavy atom. The summed E-state index contributed by atoms with van der Waals surface area (Å²) in [5.74, 6) is 0.0583. The topological polar surface area (TPSA) is 106 Å². The summed E-state index contributed by atoms with van der Waals surface area (Å²) in [4.78, 5) is 29.8. The van der Waals surface area contributed by atoms with E-state index in [0.717, 1.165) is 28.8 Å². The van der Waals surface area contributed by atoms with E-state index in [9.17, 15) is 9.18 Å². The Labute approximate surface area is 194 Å². The van der Waals surface area contributed by atoms with Gasteiger partial charge in [-0.2, -0.15) is 0 Å². The highest BCUT2D eigenvalue weighted by Crippen LogP contribution is 2.13. The first-order chi connectivity index (χ1) is 16.0. The number of rotatable bonds is 7. The van der Waals surface area contributed by atoms with Gasteiger partial charge in [-0.15, -0.1) is 0 Å². The summed E-state index contributed by atoms with van der Waals surface area (Å²) in [5, 5.41) is 2.75. The van der Waals surface area contributed by atoms with Crippen molar-refractivity contribution in [2.24, 2.45) is 10.7 Å². The van der Waals surface area contributed by atoms with Gasteiger partial charge in [0.05, 0.1) is 0 Å². The Hall–Kier alpha value is -3.52. The summed E-state index contributed by atoms with van der Waals surface area (Å²) in [7, 11) is 1.67. The molecule has 2 heterocycles. The Kier molecular flexibility index (Phi) is 10.2. The average Bonchev–Trinajstić information content (AvgIpc) is 2.84. The van der Waals surface area contributed by atoms with Crippen LogP contribution in [-0.2, 0) is 12.8 Å². The summed E-state index contributed by atoms with van der Waals surface area (Å²) in [6.07, 6.45) is 4.83. The number of hydrogen-bond acceptors (Lipinski definition) is 6. The predicted octanol–water partition coefficient (Wildman–Crippen LogP) is 3.29. The van der Waals surface area contributed by atoms with Gasteiger partial charge in [-0.3, -0.25) is 14.8 Å². The largest absolute Gasteiger partial charge is 0.349 e. The van der Waals surface area contributed by atoms with E-state index in [0.29, 0.717) is 36.7 Å². The van der Waals surface area contributed by atoms with Gasteiger partial charge in [0.1, 0.15) is 17.2 Å². The first-order valence-electron chi connectivity index (χ1n) is 10.9. The number of benzene rings is 1. The molecule has 0 unspecified atom stereocenters. The molecule has 0 saturated heterocycles. The maximum Gasteiger partial charge on any atom is 0.270 e. The fourth-order valence-electron chi connectivity index (χ4n) is 3.11. The number of halogens is 1. The first kappa shape index (κ1) is 25.7. The van der Waals surface area contributed by atoms with Gasteiger partial charge in [-0.1, -0.05) is 32.0 Å². The standard InChI is InChI=1S/C17H22N6O.C8H9F/c1-4-12-10-22-16(23-14(12)17(24)21-9-7-18)15(19-3)13-6-5-8-20-11(13)2;1-2-7-5-3-4-6-8(7)9/h5-6,8,10H,4,7,9,18H2,1-3H3,(H,21,24);3-6H,2H2,1H3. The smallest absolute Gasteiger partial charge is 0.270 e. The van der Waals surface area contributed by atoms with Gasteiger partial charge in [-0.05, 0) is 43.5 Å². The van der Waals surface area contributed by atoms with Crippen molar-refractivity contribution in [3.8, 4) is 0 Å². The van der Waals surface area contributed by atoms with Crippen LogP contribution < -0.4 is 11.1 Å². The minimum atomic E-state index is -0.251. The number of hydrogen-bond donors (Lipinski definition) is 2. The third-order valence-corrected chi connectivity index (χ3v) is 4.93. The molecule has 0 radical (unpaired) electrons. The molecule has 0 fully saturated rings. The summed E-state index contributed by atoms with van der Waals surface area (Å²) in [5.41, 5.74) is 9.66. The van der Waals surface area contributed by atoms with Crippen LogP contribution >= 0.6 is 0 Å². The lowest BCUT2D eigenvalue weighted by atomic mass is 10.1. The number of nitrogens with zero attached hydrogens (tertiary/aromatic N) is 4. The molecule has 0 bridgehead atoms. The maximum absolute atomic E-state index is 12.6. The minimum absolute atomic E-state index is 0.0972. The molecule has 0 aliphatic carbocycles. The van der Waals surface area contributed by atoms with Crippen LogP contribution in [0.15, 0.2) is 53.8 Å². The van der Waals surface area contributed by atoms with Gasteiger partial charge >= 0.3 is 0 Å². The van der Waals surface area contributed by atoms with Gasteiger partial charge in [-0.25, -0.2) is 14.4 Å². The fourth-order valence-corrected chi connectivity index (χ4v) is 3.11. The summed E-state index contributed by atoms with van der Waals surface area (Å²) in [6, 6.07) is 10.6. The molecule has 0 atom stereocenters. The van der Waals surface area contributed by atoms with Gasteiger partial charge in [0.15, 0.2) is 5.82 Å². The first-order valence-corrected chi connectivity index (χ1v) is 10.9. The van der Waals surface area contributed by atoms with Gasteiger partial charge in [0.2, 0.25) is 0 Å². The van der Waals surface area contributed by atoms with Crippen LogP contribution in [0.2, 0.25) is 0 Å². The third kappa shape index (κ3) is 6.98. The van der Waals surface area contributed by atoms with Crippen LogP contribution in [0.1, 0.15) is 52.5 Å². The molecule has 0 spiro atoms. The Morgan fingerprint density at radius 1 is 1.09 bits per heavy atom. The monoisotopic (exact) mass is 450 g/mol. The molecule has 3 rings (SSSR count). The zero-order chi connectivity index (χ0) is 24.2. The second-order valence-corrected chi connectivity index (χ2v) is 7.12. The number of carbonyl (C=O) groups is 1. The van der Waals surface area contributed by atoms with E-state index >= 15 is 0 Å². The molecule has 8 heteroatoms.